The second-order valence-electron chi connectivity index (χ2n) is 5.15. The summed E-state index contributed by atoms with van der Waals surface area (Å²) in [4.78, 5) is 11.9. The molecule has 1 fully saturated rings. The largest absolute Gasteiger partial charge is 0.354 e. The second kappa shape index (κ2) is 5.06. The summed E-state index contributed by atoms with van der Waals surface area (Å²) in [5.74, 6) is -0.0725. The zero-order chi connectivity index (χ0) is 13.2. The number of benzene rings is 1. The number of carbonyl (C=O) groups is 1. The number of carbonyl (C=O) groups excluding carboxylic acids is 1. The third kappa shape index (κ3) is 2.88. The van der Waals surface area contributed by atoms with Crippen LogP contribution >= 0.6 is 0 Å². The maximum atomic E-state index is 13.3. The third-order valence-electron chi connectivity index (χ3n) is 3.55. The van der Waals surface area contributed by atoms with Crippen molar-refractivity contribution in [2.75, 3.05) is 6.54 Å². The molecule has 0 aromatic heterocycles. The summed E-state index contributed by atoms with van der Waals surface area (Å²) in [5, 5.41) is 2.79. The Morgan fingerprint density at radius 2 is 2.17 bits per heavy atom. The number of nitrogens with two attached hydrogens (primary N) is 1. The van der Waals surface area contributed by atoms with Crippen LogP contribution in [0.4, 0.5) is 4.39 Å². The first-order valence-corrected chi connectivity index (χ1v) is 6.32. The van der Waals surface area contributed by atoms with Crippen molar-refractivity contribution >= 4 is 5.91 Å². The van der Waals surface area contributed by atoms with Crippen molar-refractivity contribution in [3.8, 4) is 0 Å². The summed E-state index contributed by atoms with van der Waals surface area (Å²) in [6.07, 6.45) is 2.53. The van der Waals surface area contributed by atoms with Gasteiger partial charge < -0.3 is 11.1 Å². The maximum absolute atomic E-state index is 13.3. The topological polar surface area (TPSA) is 55.1 Å². The summed E-state index contributed by atoms with van der Waals surface area (Å²) in [7, 11) is 0. The minimum atomic E-state index is -0.783. The van der Waals surface area contributed by atoms with E-state index in [1.165, 1.54) is 6.07 Å². The Morgan fingerprint density at radius 1 is 1.50 bits per heavy atom. The van der Waals surface area contributed by atoms with Gasteiger partial charge in [0, 0.05) is 6.54 Å². The maximum Gasteiger partial charge on any atom is 0.240 e. The molecule has 1 atom stereocenters. The summed E-state index contributed by atoms with van der Waals surface area (Å²) >= 11 is 0. The first-order valence-electron chi connectivity index (χ1n) is 6.32. The Kier molecular flexibility index (Phi) is 3.66. The zero-order valence-electron chi connectivity index (χ0n) is 10.6. The van der Waals surface area contributed by atoms with Crippen molar-refractivity contribution in [1.29, 1.82) is 0 Å². The van der Waals surface area contributed by atoms with Gasteiger partial charge in [0.2, 0.25) is 5.91 Å². The first-order chi connectivity index (χ1) is 8.51. The summed E-state index contributed by atoms with van der Waals surface area (Å²) in [6.45, 7) is 2.18. The van der Waals surface area contributed by atoms with Gasteiger partial charge >= 0.3 is 0 Å². The van der Waals surface area contributed by atoms with E-state index in [0.29, 0.717) is 24.4 Å². The Morgan fingerprint density at radius 3 is 2.78 bits per heavy atom. The monoisotopic (exact) mass is 250 g/mol. The Bertz CT molecular complexity index is 441. The second-order valence-corrected chi connectivity index (χ2v) is 5.15. The van der Waals surface area contributed by atoms with Crippen LogP contribution in [0.3, 0.4) is 0 Å². The molecule has 1 aromatic carbocycles. The van der Waals surface area contributed by atoms with Gasteiger partial charge in [-0.2, -0.15) is 0 Å². The minimum absolute atomic E-state index is 0.138. The van der Waals surface area contributed by atoms with E-state index in [1.807, 2.05) is 0 Å². The van der Waals surface area contributed by atoms with Crippen LogP contribution in [0.25, 0.3) is 0 Å². The predicted molar refractivity (Wildman–Crippen MR) is 68.4 cm³/mol. The van der Waals surface area contributed by atoms with E-state index in [4.69, 9.17) is 5.73 Å². The molecular formula is C14H19FN2O. The van der Waals surface area contributed by atoms with Gasteiger partial charge in [0.15, 0.2) is 0 Å². The molecule has 4 heteroatoms. The lowest BCUT2D eigenvalue weighted by Gasteiger charge is -2.23. The average molecular weight is 250 g/mol. The molecule has 0 radical (unpaired) electrons. The Labute approximate surface area is 107 Å². The molecule has 1 aromatic rings. The smallest absolute Gasteiger partial charge is 0.240 e. The molecule has 0 heterocycles. The van der Waals surface area contributed by atoms with Crippen LogP contribution in [-0.2, 0) is 11.2 Å². The van der Waals surface area contributed by atoms with E-state index in [0.717, 1.165) is 12.8 Å². The van der Waals surface area contributed by atoms with Crippen molar-refractivity contribution in [3.63, 3.8) is 0 Å². The molecule has 2 rings (SSSR count). The van der Waals surface area contributed by atoms with E-state index in [-0.39, 0.29) is 11.7 Å². The molecular weight excluding hydrogens is 231 g/mol. The molecule has 18 heavy (non-hydrogen) atoms. The molecule has 1 unspecified atom stereocenters. The molecule has 0 saturated heterocycles. The summed E-state index contributed by atoms with van der Waals surface area (Å²) in [6, 6.07) is 6.59. The highest BCUT2D eigenvalue weighted by atomic mass is 19.1. The highest BCUT2D eigenvalue weighted by Gasteiger charge is 2.43. The SMILES string of the molecule is CC(N)(C(=O)NCCc1ccccc1F)C1CC1. The molecule has 1 amide bonds. The quantitative estimate of drug-likeness (QED) is 0.834. The van der Waals surface area contributed by atoms with Gasteiger partial charge in [-0.05, 0) is 43.7 Å². The summed E-state index contributed by atoms with van der Waals surface area (Å²) < 4.78 is 13.3. The first kappa shape index (κ1) is 13.0. The van der Waals surface area contributed by atoms with Crippen molar-refractivity contribution in [2.45, 2.75) is 31.7 Å². The van der Waals surface area contributed by atoms with E-state index < -0.39 is 5.54 Å². The lowest BCUT2D eigenvalue weighted by atomic mass is 9.96. The number of halogens is 1. The lowest BCUT2D eigenvalue weighted by Crippen LogP contribution is -2.53. The molecule has 3 N–H and O–H groups in total. The number of nitrogens with one attached hydrogen (secondary N) is 1. The van der Waals surface area contributed by atoms with Crippen LogP contribution in [0.1, 0.15) is 25.3 Å². The number of hydrogen-bond acceptors (Lipinski definition) is 2. The Balaban J connectivity index is 1.82. The van der Waals surface area contributed by atoms with Gasteiger partial charge in [0.1, 0.15) is 5.82 Å². The van der Waals surface area contributed by atoms with Gasteiger partial charge in [0.05, 0.1) is 5.54 Å². The fourth-order valence-corrected chi connectivity index (χ4v) is 2.07. The van der Waals surface area contributed by atoms with E-state index in [1.54, 1.807) is 25.1 Å². The number of hydrogen-bond donors (Lipinski definition) is 2. The van der Waals surface area contributed by atoms with Crippen LogP contribution in [0.2, 0.25) is 0 Å². The highest BCUT2D eigenvalue weighted by molar-refractivity contribution is 5.86. The normalized spacial score (nSPS) is 18.2. The molecule has 98 valence electrons. The van der Waals surface area contributed by atoms with Gasteiger partial charge in [-0.25, -0.2) is 4.39 Å². The zero-order valence-corrected chi connectivity index (χ0v) is 10.6. The molecule has 3 nitrogen and oxygen atoms in total. The van der Waals surface area contributed by atoms with Crippen LogP contribution in [0.15, 0.2) is 24.3 Å². The van der Waals surface area contributed by atoms with Crippen molar-refractivity contribution in [1.82, 2.24) is 5.32 Å². The fraction of sp³-hybridized carbons (Fsp3) is 0.500. The Hall–Kier alpha value is -1.42. The van der Waals surface area contributed by atoms with Crippen molar-refractivity contribution in [3.05, 3.63) is 35.6 Å². The average Bonchev–Trinajstić information content (AvgIpc) is 3.15. The number of rotatable bonds is 5. The van der Waals surface area contributed by atoms with Crippen LogP contribution in [0.5, 0.6) is 0 Å². The van der Waals surface area contributed by atoms with Crippen LogP contribution in [0, 0.1) is 11.7 Å². The van der Waals surface area contributed by atoms with E-state index in [9.17, 15) is 9.18 Å². The molecule has 0 spiro atoms. The standard InChI is InChI=1S/C14H19FN2O/c1-14(16,11-6-7-11)13(18)17-9-8-10-4-2-3-5-12(10)15/h2-5,11H,6-9,16H2,1H3,(H,17,18). The fourth-order valence-electron chi connectivity index (χ4n) is 2.07. The molecule has 0 aliphatic heterocycles. The molecule has 0 bridgehead atoms. The lowest BCUT2D eigenvalue weighted by molar-refractivity contribution is -0.126. The minimum Gasteiger partial charge on any atom is -0.354 e. The van der Waals surface area contributed by atoms with Gasteiger partial charge in [0.25, 0.3) is 0 Å². The van der Waals surface area contributed by atoms with Crippen LogP contribution in [-0.4, -0.2) is 18.0 Å². The van der Waals surface area contributed by atoms with E-state index in [2.05, 4.69) is 5.32 Å². The third-order valence-corrected chi connectivity index (χ3v) is 3.55. The van der Waals surface area contributed by atoms with Gasteiger partial charge in [-0.1, -0.05) is 18.2 Å². The number of amides is 1. The molecule has 1 aliphatic carbocycles. The van der Waals surface area contributed by atoms with Crippen molar-refractivity contribution in [2.24, 2.45) is 11.7 Å². The predicted octanol–water partition coefficient (Wildman–Crippen LogP) is 1.61. The molecule has 1 aliphatic rings. The summed E-state index contributed by atoms with van der Waals surface area (Å²) in [5.41, 5.74) is 5.82. The van der Waals surface area contributed by atoms with Crippen LogP contribution < -0.4 is 11.1 Å². The highest BCUT2D eigenvalue weighted by Crippen LogP contribution is 2.38. The van der Waals surface area contributed by atoms with Gasteiger partial charge in [-0.15, -0.1) is 0 Å². The van der Waals surface area contributed by atoms with Crippen molar-refractivity contribution < 1.29 is 9.18 Å². The van der Waals surface area contributed by atoms with E-state index >= 15 is 0 Å². The van der Waals surface area contributed by atoms with Gasteiger partial charge in [-0.3, -0.25) is 4.79 Å². The molecule has 1 saturated carbocycles.